The third-order valence-electron chi connectivity index (χ3n) is 6.33. The third kappa shape index (κ3) is 7.74. The van der Waals surface area contributed by atoms with Crippen LogP contribution in [-0.2, 0) is 26.2 Å². The van der Waals surface area contributed by atoms with E-state index in [0.717, 1.165) is 41.4 Å². The van der Waals surface area contributed by atoms with Crippen LogP contribution in [0.25, 0.3) is 0 Å². The summed E-state index contributed by atoms with van der Waals surface area (Å²) < 4.78 is 42.0. The smallest absolute Gasteiger partial charge is 0.264 e. The Labute approximate surface area is 244 Å². The summed E-state index contributed by atoms with van der Waals surface area (Å²) in [6.45, 7) is 3.47. The molecule has 0 aromatic heterocycles. The van der Waals surface area contributed by atoms with Gasteiger partial charge in [-0.1, -0.05) is 67.7 Å². The molecule has 1 N–H and O–H groups in total. The number of nitrogens with zero attached hydrogens (tertiary/aromatic N) is 2. The van der Waals surface area contributed by atoms with E-state index in [1.54, 1.807) is 55.5 Å². The molecular formula is C29H32Cl2FN3O4S. The lowest BCUT2D eigenvalue weighted by molar-refractivity contribution is -0.140. The average Bonchev–Trinajstić information content (AvgIpc) is 2.93. The second-order valence-electron chi connectivity index (χ2n) is 9.09. The first kappa shape index (κ1) is 31.4. The van der Waals surface area contributed by atoms with Crippen LogP contribution in [0.3, 0.4) is 0 Å². The molecule has 3 rings (SSSR count). The van der Waals surface area contributed by atoms with Gasteiger partial charge in [0.05, 0.1) is 10.6 Å². The molecular weight excluding hydrogens is 576 g/mol. The lowest BCUT2D eigenvalue weighted by Gasteiger charge is -2.33. The minimum absolute atomic E-state index is 0.115. The number of carbonyl (C=O) groups excluding carboxylic acids is 2. The van der Waals surface area contributed by atoms with E-state index in [1.807, 2.05) is 6.92 Å². The minimum atomic E-state index is -4.29. The van der Waals surface area contributed by atoms with Crippen LogP contribution >= 0.6 is 23.2 Å². The van der Waals surface area contributed by atoms with E-state index in [1.165, 1.54) is 4.90 Å². The molecule has 0 unspecified atom stereocenters. The van der Waals surface area contributed by atoms with Crippen molar-refractivity contribution in [2.75, 3.05) is 17.4 Å². The SMILES string of the molecule is CCCCNC(=O)[C@H](CC)N(Cc1c(Cl)cccc1Cl)C(=O)CN(c1ccccc1)S(=O)(=O)c1ccc(F)cc1. The Bertz CT molecular complexity index is 1390. The van der Waals surface area contributed by atoms with Gasteiger partial charge in [0.2, 0.25) is 11.8 Å². The molecule has 0 aliphatic carbocycles. The van der Waals surface area contributed by atoms with Crippen LogP contribution in [0.2, 0.25) is 10.0 Å². The zero-order valence-electron chi connectivity index (χ0n) is 22.3. The summed E-state index contributed by atoms with van der Waals surface area (Å²) in [7, 11) is -4.29. The monoisotopic (exact) mass is 607 g/mol. The van der Waals surface area contributed by atoms with E-state index < -0.39 is 34.3 Å². The maximum Gasteiger partial charge on any atom is 0.264 e. The molecule has 3 aromatic carbocycles. The van der Waals surface area contributed by atoms with E-state index in [-0.39, 0.29) is 29.5 Å². The van der Waals surface area contributed by atoms with Crippen molar-refractivity contribution in [3.8, 4) is 0 Å². The number of hydrogen-bond donors (Lipinski definition) is 1. The van der Waals surface area contributed by atoms with Crippen LogP contribution < -0.4 is 9.62 Å². The Balaban J connectivity index is 2.05. The highest BCUT2D eigenvalue weighted by Gasteiger charge is 2.34. The van der Waals surface area contributed by atoms with E-state index in [9.17, 15) is 22.4 Å². The van der Waals surface area contributed by atoms with Crippen LogP contribution in [0.1, 0.15) is 38.7 Å². The molecule has 3 aromatic rings. The van der Waals surface area contributed by atoms with Gasteiger partial charge in [0, 0.05) is 28.7 Å². The molecule has 0 aliphatic rings. The van der Waals surface area contributed by atoms with Gasteiger partial charge in [0.25, 0.3) is 10.0 Å². The summed E-state index contributed by atoms with van der Waals surface area (Å²) in [5, 5.41) is 3.49. The fourth-order valence-electron chi connectivity index (χ4n) is 4.14. The van der Waals surface area contributed by atoms with Crippen molar-refractivity contribution in [3.63, 3.8) is 0 Å². The highest BCUT2D eigenvalue weighted by atomic mass is 35.5. The highest BCUT2D eigenvalue weighted by Crippen LogP contribution is 2.28. The topological polar surface area (TPSA) is 86.8 Å². The lowest BCUT2D eigenvalue weighted by atomic mass is 10.1. The molecule has 11 heteroatoms. The normalized spacial score (nSPS) is 12.0. The Morgan fingerprint density at radius 2 is 1.55 bits per heavy atom. The standard InChI is InChI=1S/C29H32Cl2FN3O4S/c1-3-5-18-33-29(37)27(4-2)34(19-24-25(30)12-9-13-26(24)31)28(36)20-35(22-10-7-6-8-11-22)40(38,39)23-16-14-21(32)15-17-23/h6-17,27H,3-5,18-20H2,1-2H3,(H,33,37)/t27-/m0/s1. The number of sulfonamides is 1. The molecule has 7 nitrogen and oxygen atoms in total. The number of halogens is 3. The summed E-state index contributed by atoms with van der Waals surface area (Å²) in [5.41, 5.74) is 0.669. The number of carbonyl (C=O) groups is 2. The van der Waals surface area contributed by atoms with Crippen molar-refractivity contribution < 1.29 is 22.4 Å². The molecule has 40 heavy (non-hydrogen) atoms. The van der Waals surface area contributed by atoms with Crippen molar-refractivity contribution in [2.45, 2.75) is 50.6 Å². The van der Waals surface area contributed by atoms with E-state index in [0.29, 0.717) is 22.2 Å². The summed E-state index contributed by atoms with van der Waals surface area (Å²) in [5.74, 6) is -1.59. The number of anilines is 1. The van der Waals surface area contributed by atoms with Crippen molar-refractivity contribution in [2.24, 2.45) is 0 Å². The fraction of sp³-hybridized carbons (Fsp3) is 0.310. The molecule has 0 fully saturated rings. The number of rotatable bonds is 13. The molecule has 0 heterocycles. The summed E-state index contributed by atoms with van der Waals surface area (Å²) >= 11 is 12.8. The zero-order valence-corrected chi connectivity index (χ0v) is 24.6. The molecule has 0 radical (unpaired) electrons. The maximum absolute atomic E-state index is 14.0. The number of hydrogen-bond acceptors (Lipinski definition) is 4. The van der Waals surface area contributed by atoms with Crippen LogP contribution in [0.5, 0.6) is 0 Å². The van der Waals surface area contributed by atoms with Crippen molar-refractivity contribution in [3.05, 3.63) is 94.2 Å². The Morgan fingerprint density at radius 3 is 2.12 bits per heavy atom. The van der Waals surface area contributed by atoms with E-state index in [4.69, 9.17) is 23.2 Å². The maximum atomic E-state index is 14.0. The number of para-hydroxylation sites is 1. The van der Waals surface area contributed by atoms with Crippen molar-refractivity contribution >= 4 is 50.7 Å². The van der Waals surface area contributed by atoms with Gasteiger partial charge in [-0.05, 0) is 61.4 Å². The number of unbranched alkanes of at least 4 members (excludes halogenated alkanes) is 1. The third-order valence-corrected chi connectivity index (χ3v) is 8.83. The first-order valence-corrected chi connectivity index (χ1v) is 15.1. The highest BCUT2D eigenvalue weighted by molar-refractivity contribution is 7.92. The number of benzene rings is 3. The molecule has 0 spiro atoms. The molecule has 0 saturated heterocycles. The van der Waals surface area contributed by atoms with Gasteiger partial charge in [-0.2, -0.15) is 0 Å². The Kier molecular flexibility index (Phi) is 11.4. The molecule has 0 bridgehead atoms. The van der Waals surface area contributed by atoms with Gasteiger partial charge in [-0.3, -0.25) is 13.9 Å². The average molecular weight is 609 g/mol. The summed E-state index contributed by atoms with van der Waals surface area (Å²) in [6.07, 6.45) is 1.91. The Hall–Kier alpha value is -3.14. The van der Waals surface area contributed by atoms with Crippen molar-refractivity contribution in [1.29, 1.82) is 0 Å². The quantitative estimate of drug-likeness (QED) is 0.240. The minimum Gasteiger partial charge on any atom is -0.354 e. The van der Waals surface area contributed by atoms with Gasteiger partial charge < -0.3 is 10.2 Å². The predicted molar refractivity (Wildman–Crippen MR) is 156 cm³/mol. The molecule has 0 saturated carbocycles. The van der Waals surface area contributed by atoms with Gasteiger partial charge in [0.1, 0.15) is 18.4 Å². The second kappa shape index (κ2) is 14.5. The Morgan fingerprint density at radius 1 is 0.925 bits per heavy atom. The van der Waals surface area contributed by atoms with Gasteiger partial charge in [0.15, 0.2) is 0 Å². The van der Waals surface area contributed by atoms with E-state index in [2.05, 4.69) is 5.32 Å². The fourth-order valence-corrected chi connectivity index (χ4v) is 6.07. The van der Waals surface area contributed by atoms with Gasteiger partial charge in [-0.15, -0.1) is 0 Å². The first-order chi connectivity index (χ1) is 19.1. The molecule has 1 atom stereocenters. The van der Waals surface area contributed by atoms with Crippen LogP contribution in [0.4, 0.5) is 10.1 Å². The van der Waals surface area contributed by atoms with Crippen LogP contribution in [-0.4, -0.2) is 44.3 Å². The number of nitrogens with one attached hydrogen (secondary N) is 1. The summed E-state index contributed by atoms with van der Waals surface area (Å²) in [4.78, 5) is 28.4. The van der Waals surface area contributed by atoms with Crippen LogP contribution in [0, 0.1) is 5.82 Å². The molecule has 214 valence electrons. The number of amides is 2. The zero-order chi connectivity index (χ0) is 29.3. The second-order valence-corrected chi connectivity index (χ2v) is 11.8. The molecule has 0 aliphatic heterocycles. The predicted octanol–water partition coefficient (Wildman–Crippen LogP) is 6.05. The molecule has 2 amide bonds. The lowest BCUT2D eigenvalue weighted by Crippen LogP contribution is -2.52. The van der Waals surface area contributed by atoms with Crippen molar-refractivity contribution in [1.82, 2.24) is 10.2 Å². The van der Waals surface area contributed by atoms with Crippen LogP contribution in [0.15, 0.2) is 77.7 Å². The van der Waals surface area contributed by atoms with E-state index >= 15 is 0 Å². The van der Waals surface area contributed by atoms with Gasteiger partial charge >= 0.3 is 0 Å². The first-order valence-electron chi connectivity index (χ1n) is 12.9. The van der Waals surface area contributed by atoms with Gasteiger partial charge in [-0.25, -0.2) is 12.8 Å². The largest absolute Gasteiger partial charge is 0.354 e. The summed E-state index contributed by atoms with van der Waals surface area (Å²) in [6, 6.07) is 16.5.